The smallest absolute Gasteiger partial charge is 0.124 e. The molecule has 0 saturated heterocycles. The van der Waals surface area contributed by atoms with E-state index in [2.05, 4.69) is 0 Å². The Morgan fingerprint density at radius 1 is 1.30 bits per heavy atom. The number of rotatable bonds is 1. The maximum Gasteiger partial charge on any atom is 0.124 e. The number of benzene rings is 1. The molecule has 0 fully saturated rings. The summed E-state index contributed by atoms with van der Waals surface area (Å²) in [7, 11) is 0.683. The van der Waals surface area contributed by atoms with Gasteiger partial charge in [0.25, 0.3) is 0 Å². The second-order valence-corrected chi connectivity index (χ2v) is 3.34. The first-order chi connectivity index (χ1) is 4.72. The molecule has 0 aliphatic rings. The van der Waals surface area contributed by atoms with Gasteiger partial charge < -0.3 is 0 Å². The van der Waals surface area contributed by atoms with Gasteiger partial charge >= 0.3 is 0 Å². The molecular formula is C8H10FP. The van der Waals surface area contributed by atoms with Crippen LogP contribution in [0.4, 0.5) is 4.39 Å². The van der Waals surface area contributed by atoms with E-state index in [9.17, 15) is 4.39 Å². The summed E-state index contributed by atoms with van der Waals surface area (Å²) in [4.78, 5) is 0. The number of halogens is 1. The van der Waals surface area contributed by atoms with Crippen LogP contribution in [-0.4, -0.2) is 6.66 Å². The van der Waals surface area contributed by atoms with Crippen molar-refractivity contribution in [3.8, 4) is 0 Å². The van der Waals surface area contributed by atoms with E-state index in [1.54, 1.807) is 12.1 Å². The van der Waals surface area contributed by atoms with Crippen molar-refractivity contribution >= 4 is 13.9 Å². The lowest BCUT2D eigenvalue weighted by atomic mass is 10.2. The first-order valence-electron chi connectivity index (χ1n) is 3.17. The van der Waals surface area contributed by atoms with Gasteiger partial charge in [0, 0.05) is 0 Å². The average molecular weight is 156 g/mol. The largest absolute Gasteiger partial charge is 0.207 e. The minimum Gasteiger partial charge on any atom is -0.207 e. The van der Waals surface area contributed by atoms with E-state index in [1.165, 1.54) is 0 Å². The minimum absolute atomic E-state index is 0.121. The molecule has 0 nitrogen and oxygen atoms in total. The van der Waals surface area contributed by atoms with Crippen molar-refractivity contribution in [1.29, 1.82) is 0 Å². The summed E-state index contributed by atoms with van der Waals surface area (Å²) in [5, 5.41) is 1.09. The lowest BCUT2D eigenvalue weighted by Crippen LogP contribution is -1.95. The first-order valence-corrected chi connectivity index (χ1v) is 4.67. The van der Waals surface area contributed by atoms with Gasteiger partial charge in [-0.15, -0.1) is 0 Å². The molecule has 0 aliphatic carbocycles. The third-order valence-corrected chi connectivity index (χ3v) is 2.20. The van der Waals surface area contributed by atoms with Gasteiger partial charge in [0.05, 0.1) is 0 Å². The van der Waals surface area contributed by atoms with Crippen LogP contribution in [0.5, 0.6) is 0 Å². The highest BCUT2D eigenvalue weighted by atomic mass is 31.1. The topological polar surface area (TPSA) is 0 Å². The van der Waals surface area contributed by atoms with Gasteiger partial charge in [0.1, 0.15) is 5.82 Å². The van der Waals surface area contributed by atoms with Crippen LogP contribution in [0.25, 0.3) is 0 Å². The second kappa shape index (κ2) is 3.12. The molecule has 1 atom stereocenters. The van der Waals surface area contributed by atoms with Crippen molar-refractivity contribution in [3.63, 3.8) is 0 Å². The zero-order valence-electron chi connectivity index (χ0n) is 6.11. The van der Waals surface area contributed by atoms with E-state index < -0.39 is 0 Å². The summed E-state index contributed by atoms with van der Waals surface area (Å²) in [6.07, 6.45) is 0. The van der Waals surface area contributed by atoms with Crippen molar-refractivity contribution < 1.29 is 4.39 Å². The summed E-state index contributed by atoms with van der Waals surface area (Å²) in [6, 6.07) is 5.15. The van der Waals surface area contributed by atoms with Gasteiger partial charge in [-0.3, -0.25) is 0 Å². The van der Waals surface area contributed by atoms with E-state index >= 15 is 0 Å². The summed E-state index contributed by atoms with van der Waals surface area (Å²) >= 11 is 0. The van der Waals surface area contributed by atoms with Gasteiger partial charge in [-0.1, -0.05) is 14.6 Å². The monoisotopic (exact) mass is 156 g/mol. The number of aryl methyl sites for hydroxylation is 1. The lowest BCUT2D eigenvalue weighted by Gasteiger charge is -1.97. The van der Waals surface area contributed by atoms with Crippen LogP contribution in [-0.2, 0) is 0 Å². The molecule has 0 aliphatic heterocycles. The highest BCUT2D eigenvalue weighted by Crippen LogP contribution is 2.07. The Labute approximate surface area is 62.2 Å². The fourth-order valence-corrected chi connectivity index (χ4v) is 1.53. The molecule has 10 heavy (non-hydrogen) atoms. The zero-order valence-corrected chi connectivity index (χ0v) is 7.11. The van der Waals surface area contributed by atoms with E-state index in [-0.39, 0.29) is 5.82 Å². The average Bonchev–Trinajstić information content (AvgIpc) is 1.85. The summed E-state index contributed by atoms with van der Waals surface area (Å²) in [5.41, 5.74) is 1.00. The van der Waals surface area contributed by atoms with E-state index in [0.717, 1.165) is 10.9 Å². The second-order valence-electron chi connectivity index (χ2n) is 2.27. The first kappa shape index (κ1) is 7.68. The van der Waals surface area contributed by atoms with Gasteiger partial charge in [-0.05, 0) is 36.6 Å². The molecule has 2 heteroatoms. The van der Waals surface area contributed by atoms with Gasteiger partial charge in [0.15, 0.2) is 0 Å². The SMILES string of the molecule is CPc1cc(C)cc(F)c1. The zero-order chi connectivity index (χ0) is 7.56. The molecular weight excluding hydrogens is 146 g/mol. The van der Waals surface area contributed by atoms with Crippen molar-refractivity contribution in [2.45, 2.75) is 6.92 Å². The molecule has 0 amide bonds. The van der Waals surface area contributed by atoms with E-state index in [0.29, 0.717) is 8.58 Å². The van der Waals surface area contributed by atoms with Crippen LogP contribution < -0.4 is 5.30 Å². The fourth-order valence-electron chi connectivity index (χ4n) is 0.881. The molecule has 1 rings (SSSR count). The summed E-state index contributed by atoms with van der Waals surface area (Å²) in [6.45, 7) is 3.96. The third-order valence-electron chi connectivity index (χ3n) is 1.33. The predicted octanol–water partition coefficient (Wildman–Crippen LogP) is 2.07. The maximum atomic E-state index is 12.6. The molecule has 0 saturated carbocycles. The Morgan fingerprint density at radius 3 is 2.50 bits per heavy atom. The Hall–Kier alpha value is -0.420. The van der Waals surface area contributed by atoms with Crippen molar-refractivity contribution in [2.24, 2.45) is 0 Å². The molecule has 1 aromatic rings. The standard InChI is InChI=1S/C8H10FP/c1-6-3-7(9)5-8(4-6)10-2/h3-5,10H,1-2H3. The van der Waals surface area contributed by atoms with Gasteiger partial charge in [0.2, 0.25) is 0 Å². The van der Waals surface area contributed by atoms with Crippen LogP contribution in [0.3, 0.4) is 0 Å². The minimum atomic E-state index is -0.121. The van der Waals surface area contributed by atoms with Crippen LogP contribution in [0.15, 0.2) is 18.2 Å². The Bertz CT molecular complexity index is 212. The Kier molecular flexibility index (Phi) is 2.39. The maximum absolute atomic E-state index is 12.6. The Balaban J connectivity index is 3.06. The summed E-state index contributed by atoms with van der Waals surface area (Å²) < 4.78 is 12.6. The highest BCUT2D eigenvalue weighted by Gasteiger charge is 1.93. The number of hydrogen-bond acceptors (Lipinski definition) is 0. The van der Waals surface area contributed by atoms with E-state index in [4.69, 9.17) is 0 Å². The normalized spacial score (nSPS) is 11.1. The van der Waals surface area contributed by atoms with Crippen molar-refractivity contribution in [2.75, 3.05) is 6.66 Å². The molecule has 0 N–H and O–H groups in total. The summed E-state index contributed by atoms with van der Waals surface area (Å²) in [5.74, 6) is -0.121. The van der Waals surface area contributed by atoms with Crippen molar-refractivity contribution in [1.82, 2.24) is 0 Å². The van der Waals surface area contributed by atoms with Crippen LogP contribution in [0.2, 0.25) is 0 Å². The van der Waals surface area contributed by atoms with E-state index in [1.807, 2.05) is 19.7 Å². The molecule has 1 aromatic carbocycles. The van der Waals surface area contributed by atoms with Crippen molar-refractivity contribution in [3.05, 3.63) is 29.6 Å². The predicted molar refractivity (Wildman–Crippen MR) is 45.0 cm³/mol. The van der Waals surface area contributed by atoms with Crippen LogP contribution in [0, 0.1) is 12.7 Å². The molecule has 0 heterocycles. The third kappa shape index (κ3) is 1.78. The molecule has 0 aromatic heterocycles. The quantitative estimate of drug-likeness (QED) is 0.546. The lowest BCUT2D eigenvalue weighted by molar-refractivity contribution is 0.628. The Morgan fingerprint density at radius 2 is 2.00 bits per heavy atom. The van der Waals surface area contributed by atoms with Crippen LogP contribution in [0.1, 0.15) is 5.56 Å². The highest BCUT2D eigenvalue weighted by molar-refractivity contribution is 7.46. The fraction of sp³-hybridized carbons (Fsp3) is 0.250. The van der Waals surface area contributed by atoms with Gasteiger partial charge in [-0.25, -0.2) is 4.39 Å². The molecule has 54 valence electrons. The van der Waals surface area contributed by atoms with Crippen LogP contribution >= 0.6 is 8.58 Å². The number of hydrogen-bond donors (Lipinski definition) is 0. The molecule has 0 radical (unpaired) electrons. The molecule has 0 spiro atoms. The molecule has 0 bridgehead atoms. The molecule has 1 unspecified atom stereocenters. The van der Waals surface area contributed by atoms with Gasteiger partial charge in [-0.2, -0.15) is 0 Å².